The second-order valence-corrected chi connectivity index (χ2v) is 4.08. The molecular weight excluding hydrogens is 148 g/mol. The molecule has 1 saturated carbocycles. The Morgan fingerprint density at radius 2 is 1.83 bits per heavy atom. The summed E-state index contributed by atoms with van der Waals surface area (Å²) in [7, 11) is 0. The number of hydrogen-bond acceptors (Lipinski definition) is 1. The van der Waals surface area contributed by atoms with Crippen LogP contribution in [0.5, 0.6) is 0 Å². The zero-order valence-corrected chi connectivity index (χ0v) is 8.01. The molecule has 0 aromatic heterocycles. The quantitative estimate of drug-likeness (QED) is 0.590. The Morgan fingerprint density at radius 1 is 1.25 bits per heavy atom. The van der Waals surface area contributed by atoms with Crippen molar-refractivity contribution in [1.29, 1.82) is 0 Å². The van der Waals surface area contributed by atoms with Crippen molar-refractivity contribution in [2.45, 2.75) is 51.9 Å². The van der Waals surface area contributed by atoms with E-state index in [-0.39, 0.29) is 0 Å². The Bertz CT molecular complexity index is 123. The Kier molecular flexibility index (Phi) is 4.34. The summed E-state index contributed by atoms with van der Waals surface area (Å²) in [6.07, 6.45) is 10.9. The van der Waals surface area contributed by atoms with Crippen LogP contribution in [0.4, 0.5) is 0 Å². The maximum Gasteiger partial charge on any atom is 0.198 e. The van der Waals surface area contributed by atoms with Gasteiger partial charge in [-0.1, -0.05) is 45.4 Å². The molecule has 1 rings (SSSR count). The minimum absolute atomic E-state index is 0.570. The highest BCUT2D eigenvalue weighted by Gasteiger charge is 2.18. The first-order chi connectivity index (χ1) is 5.84. The molecule has 69 valence electrons. The first-order valence-corrected chi connectivity index (χ1v) is 5.19. The van der Waals surface area contributed by atoms with Crippen molar-refractivity contribution >= 4 is 6.29 Å². The molecule has 1 aliphatic rings. The lowest BCUT2D eigenvalue weighted by atomic mass is 9.86. The van der Waals surface area contributed by atoms with E-state index in [9.17, 15) is 4.79 Å². The average Bonchev–Trinajstić information content (AvgIpc) is 2.32. The fourth-order valence-corrected chi connectivity index (χ4v) is 2.18. The first-order valence-electron chi connectivity index (χ1n) is 5.19. The summed E-state index contributed by atoms with van der Waals surface area (Å²) in [6, 6.07) is 0. The van der Waals surface area contributed by atoms with Gasteiger partial charge in [0.25, 0.3) is 0 Å². The molecule has 0 spiro atoms. The Balaban J connectivity index is 2.31. The summed E-state index contributed by atoms with van der Waals surface area (Å²) < 4.78 is 0. The summed E-state index contributed by atoms with van der Waals surface area (Å²) in [5, 5.41) is 0. The van der Waals surface area contributed by atoms with Crippen LogP contribution in [-0.4, -0.2) is 6.29 Å². The largest absolute Gasteiger partial charge is 0.291 e. The molecule has 1 fully saturated rings. The molecule has 0 heterocycles. The van der Waals surface area contributed by atoms with Crippen molar-refractivity contribution in [3.8, 4) is 0 Å². The molecule has 0 aliphatic heterocycles. The van der Waals surface area contributed by atoms with Gasteiger partial charge in [0.2, 0.25) is 0 Å². The third-order valence-corrected chi connectivity index (χ3v) is 3.11. The smallest absolute Gasteiger partial charge is 0.198 e. The summed E-state index contributed by atoms with van der Waals surface area (Å²) >= 11 is 0. The fraction of sp³-hybridized carbons (Fsp3) is 0.909. The van der Waals surface area contributed by atoms with Crippen LogP contribution in [0.25, 0.3) is 0 Å². The van der Waals surface area contributed by atoms with Crippen molar-refractivity contribution < 1.29 is 4.79 Å². The second-order valence-electron chi connectivity index (χ2n) is 4.08. The van der Waals surface area contributed by atoms with Gasteiger partial charge >= 0.3 is 0 Å². The van der Waals surface area contributed by atoms with Crippen LogP contribution in [0, 0.1) is 11.8 Å². The van der Waals surface area contributed by atoms with Crippen LogP contribution in [0.3, 0.4) is 0 Å². The summed E-state index contributed by atoms with van der Waals surface area (Å²) in [6.45, 7) is 2.20. The van der Waals surface area contributed by atoms with Crippen LogP contribution >= 0.6 is 0 Å². The van der Waals surface area contributed by atoms with E-state index in [2.05, 4.69) is 6.92 Å². The summed E-state index contributed by atoms with van der Waals surface area (Å²) in [5.74, 6) is 1.37. The second kappa shape index (κ2) is 5.34. The van der Waals surface area contributed by atoms with Crippen LogP contribution in [0.1, 0.15) is 51.9 Å². The van der Waals surface area contributed by atoms with E-state index in [1.807, 2.05) is 6.29 Å². The van der Waals surface area contributed by atoms with E-state index in [0.717, 1.165) is 5.92 Å². The molecule has 0 saturated heterocycles. The molecule has 1 nitrogen and oxygen atoms in total. The van der Waals surface area contributed by atoms with Crippen LogP contribution in [0.2, 0.25) is 0 Å². The van der Waals surface area contributed by atoms with Gasteiger partial charge in [0.1, 0.15) is 0 Å². The minimum atomic E-state index is 0.570. The maximum absolute atomic E-state index is 10.2. The van der Waals surface area contributed by atoms with Gasteiger partial charge in [-0.2, -0.15) is 0 Å². The van der Waals surface area contributed by atoms with Crippen molar-refractivity contribution in [2.24, 2.45) is 11.8 Å². The monoisotopic (exact) mass is 167 g/mol. The Hall–Kier alpha value is -0.330. The lowest BCUT2D eigenvalue weighted by Crippen LogP contribution is -2.11. The maximum atomic E-state index is 10.2. The predicted molar refractivity (Wildman–Crippen MR) is 50.7 cm³/mol. The van der Waals surface area contributed by atoms with Gasteiger partial charge in [0.05, 0.1) is 0 Å². The normalized spacial score (nSPS) is 23.1. The standard InChI is InChI=1S/C11H19O/c1-10(8-9-12)11-6-4-2-3-5-7-11/h10-11H,2-8H2,1H3. The fourth-order valence-electron chi connectivity index (χ4n) is 2.18. The van der Waals surface area contributed by atoms with Gasteiger partial charge in [0, 0.05) is 6.42 Å². The third-order valence-electron chi connectivity index (χ3n) is 3.11. The zero-order valence-electron chi connectivity index (χ0n) is 8.01. The Labute approximate surface area is 75.5 Å². The SMILES string of the molecule is CC(C[C]=O)C1CCCCCC1. The lowest BCUT2D eigenvalue weighted by molar-refractivity contribution is 0.324. The number of carbonyl (C=O) groups excluding carboxylic acids is 1. The molecule has 0 N–H and O–H groups in total. The molecule has 1 heteroatoms. The minimum Gasteiger partial charge on any atom is -0.291 e. The first kappa shape index (κ1) is 9.76. The van der Waals surface area contributed by atoms with Crippen molar-refractivity contribution in [3.05, 3.63) is 0 Å². The van der Waals surface area contributed by atoms with E-state index in [4.69, 9.17) is 0 Å². The average molecular weight is 167 g/mol. The molecule has 1 unspecified atom stereocenters. The molecule has 1 atom stereocenters. The topological polar surface area (TPSA) is 17.1 Å². The van der Waals surface area contributed by atoms with Crippen molar-refractivity contribution in [3.63, 3.8) is 0 Å². The van der Waals surface area contributed by atoms with Crippen LogP contribution in [0.15, 0.2) is 0 Å². The molecule has 1 aliphatic carbocycles. The number of rotatable bonds is 3. The molecule has 0 aromatic carbocycles. The van der Waals surface area contributed by atoms with E-state index >= 15 is 0 Å². The van der Waals surface area contributed by atoms with E-state index < -0.39 is 0 Å². The predicted octanol–water partition coefficient (Wildman–Crippen LogP) is 3.09. The van der Waals surface area contributed by atoms with E-state index in [1.165, 1.54) is 38.5 Å². The molecule has 0 bridgehead atoms. The summed E-state index contributed by atoms with van der Waals surface area (Å²) in [5.41, 5.74) is 0. The Morgan fingerprint density at radius 3 is 2.33 bits per heavy atom. The zero-order chi connectivity index (χ0) is 8.81. The molecular formula is C11H19O. The molecule has 1 radical (unpaired) electrons. The van der Waals surface area contributed by atoms with Gasteiger partial charge in [0.15, 0.2) is 6.29 Å². The van der Waals surface area contributed by atoms with Crippen LogP contribution in [-0.2, 0) is 4.79 Å². The van der Waals surface area contributed by atoms with Gasteiger partial charge in [-0.3, -0.25) is 4.79 Å². The van der Waals surface area contributed by atoms with Crippen molar-refractivity contribution in [1.82, 2.24) is 0 Å². The van der Waals surface area contributed by atoms with E-state index in [0.29, 0.717) is 12.3 Å². The highest BCUT2D eigenvalue weighted by atomic mass is 16.1. The van der Waals surface area contributed by atoms with Gasteiger partial charge in [-0.05, 0) is 11.8 Å². The third kappa shape index (κ3) is 2.96. The molecule has 0 amide bonds. The summed E-state index contributed by atoms with van der Waals surface area (Å²) in [4.78, 5) is 10.2. The van der Waals surface area contributed by atoms with Gasteiger partial charge in [-0.15, -0.1) is 0 Å². The lowest BCUT2D eigenvalue weighted by Gasteiger charge is -2.19. The molecule has 12 heavy (non-hydrogen) atoms. The van der Waals surface area contributed by atoms with Gasteiger partial charge < -0.3 is 0 Å². The molecule has 0 aromatic rings. The number of hydrogen-bond donors (Lipinski definition) is 0. The highest BCUT2D eigenvalue weighted by Crippen LogP contribution is 2.29. The van der Waals surface area contributed by atoms with Gasteiger partial charge in [-0.25, -0.2) is 0 Å². The highest BCUT2D eigenvalue weighted by molar-refractivity contribution is 5.50. The van der Waals surface area contributed by atoms with E-state index in [1.54, 1.807) is 0 Å². The van der Waals surface area contributed by atoms with Crippen molar-refractivity contribution in [2.75, 3.05) is 0 Å². The van der Waals surface area contributed by atoms with Crippen LogP contribution < -0.4 is 0 Å².